The average molecular weight is 424 g/mol. The van der Waals surface area contributed by atoms with Crippen molar-refractivity contribution in [3.63, 3.8) is 0 Å². The first-order valence-corrected chi connectivity index (χ1v) is 11.2. The summed E-state index contributed by atoms with van der Waals surface area (Å²) in [5.74, 6) is 1.78. The van der Waals surface area contributed by atoms with E-state index in [1.54, 1.807) is 0 Å². The lowest BCUT2D eigenvalue weighted by atomic mass is 10.0. The molecule has 0 aromatic heterocycles. The van der Waals surface area contributed by atoms with Gasteiger partial charge in [-0.05, 0) is 38.6 Å². The van der Waals surface area contributed by atoms with Gasteiger partial charge in [0, 0.05) is 51.4 Å². The van der Waals surface area contributed by atoms with Crippen molar-refractivity contribution in [2.45, 2.75) is 32.0 Å². The van der Waals surface area contributed by atoms with Crippen molar-refractivity contribution in [3.8, 4) is 5.75 Å². The molecule has 0 saturated carbocycles. The molecule has 2 aromatic rings. The standard InChI is InChI=1S/C25H37N5O/c1-26-25(27-19-22-11-7-8-12-24(22)31-18-17-29(2)3)28-23-13-15-30(16-14-23)20-21-9-5-4-6-10-21/h4-12,23H,13-20H2,1-3H3,(H2,26,27,28). The van der Waals surface area contributed by atoms with Crippen molar-refractivity contribution >= 4 is 5.96 Å². The lowest BCUT2D eigenvalue weighted by Gasteiger charge is -2.33. The number of nitrogens with one attached hydrogen (secondary N) is 2. The fraction of sp³-hybridized carbons (Fsp3) is 0.480. The summed E-state index contributed by atoms with van der Waals surface area (Å²) in [6.07, 6.45) is 2.25. The number of piperidine rings is 1. The van der Waals surface area contributed by atoms with Gasteiger partial charge in [-0.15, -0.1) is 0 Å². The van der Waals surface area contributed by atoms with E-state index in [0.29, 0.717) is 19.2 Å². The second kappa shape index (κ2) is 12.3. The van der Waals surface area contributed by atoms with E-state index in [0.717, 1.165) is 56.3 Å². The van der Waals surface area contributed by atoms with Crippen LogP contribution in [-0.4, -0.2) is 69.2 Å². The number of hydrogen-bond donors (Lipinski definition) is 2. The van der Waals surface area contributed by atoms with Crippen LogP contribution < -0.4 is 15.4 Å². The summed E-state index contributed by atoms with van der Waals surface area (Å²) in [7, 11) is 5.94. The van der Waals surface area contributed by atoms with Gasteiger partial charge in [-0.2, -0.15) is 0 Å². The third-order valence-electron chi connectivity index (χ3n) is 5.62. The van der Waals surface area contributed by atoms with Crippen LogP contribution in [0.2, 0.25) is 0 Å². The molecular formula is C25H37N5O. The van der Waals surface area contributed by atoms with Gasteiger partial charge < -0.3 is 20.3 Å². The van der Waals surface area contributed by atoms with Crippen LogP contribution in [0.15, 0.2) is 59.6 Å². The number of likely N-dealkylation sites (N-methyl/N-ethyl adjacent to an activating group) is 1. The number of hydrogen-bond acceptors (Lipinski definition) is 4. The number of rotatable bonds is 9. The van der Waals surface area contributed by atoms with Crippen LogP contribution in [0.4, 0.5) is 0 Å². The molecule has 0 atom stereocenters. The summed E-state index contributed by atoms with van der Waals surface area (Å²) in [6.45, 7) is 5.50. The Morgan fingerprint density at radius 2 is 1.77 bits per heavy atom. The predicted molar refractivity (Wildman–Crippen MR) is 129 cm³/mol. The van der Waals surface area contributed by atoms with Gasteiger partial charge in [0.15, 0.2) is 5.96 Å². The smallest absolute Gasteiger partial charge is 0.191 e. The lowest BCUT2D eigenvalue weighted by molar-refractivity contribution is 0.198. The Kier molecular flexibility index (Phi) is 9.18. The first kappa shape index (κ1) is 23.1. The molecule has 1 aliphatic rings. The van der Waals surface area contributed by atoms with Gasteiger partial charge in [-0.1, -0.05) is 48.5 Å². The van der Waals surface area contributed by atoms with E-state index >= 15 is 0 Å². The Morgan fingerprint density at radius 1 is 1.06 bits per heavy atom. The minimum atomic E-state index is 0.449. The molecule has 6 nitrogen and oxygen atoms in total. The molecule has 0 amide bonds. The van der Waals surface area contributed by atoms with Crippen LogP contribution in [0.25, 0.3) is 0 Å². The Hall–Kier alpha value is -2.57. The lowest BCUT2D eigenvalue weighted by Crippen LogP contribution is -2.48. The molecule has 2 aromatic carbocycles. The van der Waals surface area contributed by atoms with Gasteiger partial charge in [0.25, 0.3) is 0 Å². The first-order valence-electron chi connectivity index (χ1n) is 11.2. The molecule has 1 saturated heterocycles. The minimum absolute atomic E-state index is 0.449. The van der Waals surface area contributed by atoms with Crippen LogP contribution in [0.5, 0.6) is 5.75 Å². The van der Waals surface area contributed by atoms with E-state index in [4.69, 9.17) is 4.74 Å². The molecule has 0 radical (unpaired) electrons. The summed E-state index contributed by atoms with van der Waals surface area (Å²) in [6, 6.07) is 19.4. The molecular weight excluding hydrogens is 386 g/mol. The van der Waals surface area contributed by atoms with E-state index in [1.807, 2.05) is 19.2 Å². The number of para-hydroxylation sites is 1. The highest BCUT2D eigenvalue weighted by Crippen LogP contribution is 2.18. The molecule has 168 valence electrons. The fourth-order valence-electron chi connectivity index (χ4n) is 3.77. The van der Waals surface area contributed by atoms with Crippen molar-refractivity contribution in [1.29, 1.82) is 0 Å². The SMILES string of the molecule is CN=C(NCc1ccccc1OCCN(C)C)NC1CCN(Cc2ccccc2)CC1. The highest BCUT2D eigenvalue weighted by Gasteiger charge is 2.20. The third-order valence-corrected chi connectivity index (χ3v) is 5.62. The number of benzene rings is 2. The van der Waals surface area contributed by atoms with Crippen LogP contribution in [-0.2, 0) is 13.1 Å². The van der Waals surface area contributed by atoms with Gasteiger partial charge in [0.2, 0.25) is 0 Å². The van der Waals surface area contributed by atoms with Crippen molar-refractivity contribution in [3.05, 3.63) is 65.7 Å². The second-order valence-corrected chi connectivity index (χ2v) is 8.37. The van der Waals surface area contributed by atoms with Gasteiger partial charge >= 0.3 is 0 Å². The molecule has 0 unspecified atom stereocenters. The molecule has 1 heterocycles. The zero-order valence-electron chi connectivity index (χ0n) is 19.2. The van der Waals surface area contributed by atoms with E-state index in [-0.39, 0.29) is 0 Å². The van der Waals surface area contributed by atoms with Crippen molar-refractivity contribution in [2.24, 2.45) is 4.99 Å². The molecule has 1 aliphatic heterocycles. The van der Waals surface area contributed by atoms with Gasteiger partial charge in [0.05, 0.1) is 0 Å². The molecule has 31 heavy (non-hydrogen) atoms. The Morgan fingerprint density at radius 3 is 2.48 bits per heavy atom. The van der Waals surface area contributed by atoms with E-state index in [9.17, 15) is 0 Å². The molecule has 0 bridgehead atoms. The van der Waals surface area contributed by atoms with Crippen LogP contribution in [0.1, 0.15) is 24.0 Å². The van der Waals surface area contributed by atoms with E-state index < -0.39 is 0 Å². The van der Waals surface area contributed by atoms with Gasteiger partial charge in [0.1, 0.15) is 12.4 Å². The van der Waals surface area contributed by atoms with Crippen LogP contribution in [0, 0.1) is 0 Å². The number of nitrogens with zero attached hydrogens (tertiary/aromatic N) is 3. The Bertz CT molecular complexity index is 801. The zero-order valence-corrected chi connectivity index (χ0v) is 19.2. The number of likely N-dealkylation sites (tertiary alicyclic amines) is 1. The van der Waals surface area contributed by atoms with Crippen LogP contribution >= 0.6 is 0 Å². The molecule has 3 rings (SSSR count). The minimum Gasteiger partial charge on any atom is -0.492 e. The quantitative estimate of drug-likeness (QED) is 0.480. The fourth-order valence-corrected chi connectivity index (χ4v) is 3.77. The largest absolute Gasteiger partial charge is 0.492 e. The zero-order chi connectivity index (χ0) is 21.9. The summed E-state index contributed by atoms with van der Waals surface area (Å²) >= 11 is 0. The average Bonchev–Trinajstić information content (AvgIpc) is 2.79. The van der Waals surface area contributed by atoms with E-state index in [1.165, 1.54) is 5.56 Å². The summed E-state index contributed by atoms with van der Waals surface area (Å²) in [5.41, 5.74) is 2.53. The summed E-state index contributed by atoms with van der Waals surface area (Å²) in [5, 5.41) is 7.06. The highest BCUT2D eigenvalue weighted by molar-refractivity contribution is 5.80. The third kappa shape index (κ3) is 7.89. The number of guanidine groups is 1. The highest BCUT2D eigenvalue weighted by atomic mass is 16.5. The van der Waals surface area contributed by atoms with Gasteiger partial charge in [-0.25, -0.2) is 0 Å². The van der Waals surface area contributed by atoms with Crippen molar-refractivity contribution < 1.29 is 4.74 Å². The first-order chi connectivity index (χ1) is 15.1. The molecule has 1 fully saturated rings. The van der Waals surface area contributed by atoms with E-state index in [2.05, 4.69) is 82.0 Å². The maximum atomic E-state index is 5.98. The monoisotopic (exact) mass is 423 g/mol. The summed E-state index contributed by atoms with van der Waals surface area (Å²) in [4.78, 5) is 9.09. The Balaban J connectivity index is 1.43. The number of aliphatic imine (C=N–C) groups is 1. The second-order valence-electron chi connectivity index (χ2n) is 8.37. The molecule has 0 aliphatic carbocycles. The number of ether oxygens (including phenoxy) is 1. The molecule has 6 heteroatoms. The normalized spacial score (nSPS) is 15.8. The van der Waals surface area contributed by atoms with Gasteiger partial charge in [-0.3, -0.25) is 9.89 Å². The van der Waals surface area contributed by atoms with Crippen molar-refractivity contribution in [2.75, 3.05) is 47.4 Å². The topological polar surface area (TPSA) is 52.1 Å². The molecule has 2 N–H and O–H groups in total. The van der Waals surface area contributed by atoms with Crippen LogP contribution in [0.3, 0.4) is 0 Å². The maximum absolute atomic E-state index is 5.98. The maximum Gasteiger partial charge on any atom is 0.191 e. The summed E-state index contributed by atoms with van der Waals surface area (Å²) < 4.78 is 5.98. The molecule has 0 spiro atoms. The Labute approximate surface area is 187 Å². The predicted octanol–water partition coefficient (Wildman–Crippen LogP) is 2.96. The van der Waals surface area contributed by atoms with Crippen molar-refractivity contribution in [1.82, 2.24) is 20.4 Å².